The summed E-state index contributed by atoms with van der Waals surface area (Å²) < 4.78 is 27.5. The van der Waals surface area contributed by atoms with Crippen LogP contribution < -0.4 is 9.62 Å². The average molecular weight is 366 g/mol. The monoisotopic (exact) mass is 365 g/mol. The third kappa shape index (κ3) is 3.09. The van der Waals surface area contributed by atoms with Gasteiger partial charge in [-0.15, -0.1) is 0 Å². The lowest BCUT2D eigenvalue weighted by Crippen LogP contribution is -2.31. The molecule has 126 valence electrons. The Bertz CT molecular complexity index is 928. The van der Waals surface area contributed by atoms with Crippen LogP contribution in [0.5, 0.6) is 0 Å². The molecule has 1 aliphatic rings. The number of nitrogens with one attached hydrogen (secondary N) is 1. The Balaban J connectivity index is 1.90. The minimum absolute atomic E-state index is 0.0504. The van der Waals surface area contributed by atoms with Gasteiger partial charge in [0.1, 0.15) is 10.0 Å². The number of hydrogen-bond acceptors (Lipinski definition) is 4. The van der Waals surface area contributed by atoms with Gasteiger partial charge in [-0.3, -0.25) is 9.52 Å². The minimum atomic E-state index is -3.76. The standard InChI is InChI=1S/C16H16ClN3O3S/c1-10-7-13(9-18-16(10)17)24(22,23)19-12-4-5-14-11(8-12)3-6-15(21)20(14)2/h4-5,7-9,19H,3,6H2,1-2H3. The molecule has 0 aliphatic carbocycles. The topological polar surface area (TPSA) is 79.4 Å². The minimum Gasteiger partial charge on any atom is -0.315 e. The zero-order valence-corrected chi connectivity index (χ0v) is 14.8. The van der Waals surface area contributed by atoms with Crippen LogP contribution in [-0.2, 0) is 21.2 Å². The van der Waals surface area contributed by atoms with E-state index < -0.39 is 10.0 Å². The van der Waals surface area contributed by atoms with Gasteiger partial charge in [0.05, 0.1) is 0 Å². The van der Waals surface area contributed by atoms with E-state index in [0.29, 0.717) is 24.1 Å². The third-order valence-corrected chi connectivity index (χ3v) is 5.72. The molecule has 1 amide bonds. The van der Waals surface area contributed by atoms with Gasteiger partial charge in [-0.25, -0.2) is 13.4 Å². The Morgan fingerprint density at radius 2 is 2.00 bits per heavy atom. The van der Waals surface area contributed by atoms with Crippen molar-refractivity contribution in [1.29, 1.82) is 0 Å². The first-order chi connectivity index (χ1) is 11.3. The Kier molecular flexibility index (Phi) is 4.23. The van der Waals surface area contributed by atoms with Crippen molar-refractivity contribution < 1.29 is 13.2 Å². The highest BCUT2D eigenvalue weighted by Gasteiger charge is 2.22. The van der Waals surface area contributed by atoms with Crippen LogP contribution in [0.1, 0.15) is 17.5 Å². The lowest BCUT2D eigenvalue weighted by atomic mass is 10.0. The molecule has 0 unspecified atom stereocenters. The molecule has 0 fully saturated rings. The summed E-state index contributed by atoms with van der Waals surface area (Å²) in [4.78, 5) is 17.2. The van der Waals surface area contributed by atoms with Crippen LogP contribution in [0.15, 0.2) is 35.4 Å². The lowest BCUT2D eigenvalue weighted by Gasteiger charge is -2.26. The normalized spacial score (nSPS) is 14.5. The molecule has 2 aromatic rings. The second-order valence-corrected chi connectivity index (χ2v) is 7.72. The first-order valence-corrected chi connectivity index (χ1v) is 9.18. The summed E-state index contributed by atoms with van der Waals surface area (Å²) in [6.45, 7) is 1.69. The molecule has 2 heterocycles. The Labute approximate surface area is 145 Å². The van der Waals surface area contributed by atoms with Crippen molar-refractivity contribution in [2.24, 2.45) is 0 Å². The molecule has 0 saturated heterocycles. The maximum atomic E-state index is 12.5. The van der Waals surface area contributed by atoms with Crippen molar-refractivity contribution >= 4 is 38.9 Å². The molecular weight excluding hydrogens is 350 g/mol. The smallest absolute Gasteiger partial charge is 0.263 e. The van der Waals surface area contributed by atoms with Crippen molar-refractivity contribution in [3.63, 3.8) is 0 Å². The summed E-state index contributed by atoms with van der Waals surface area (Å²) in [6.07, 6.45) is 2.23. The third-order valence-electron chi connectivity index (χ3n) is 3.97. The average Bonchev–Trinajstić information content (AvgIpc) is 2.53. The molecule has 0 atom stereocenters. The fourth-order valence-corrected chi connectivity index (χ4v) is 3.80. The van der Waals surface area contributed by atoms with E-state index in [2.05, 4.69) is 9.71 Å². The van der Waals surface area contributed by atoms with E-state index in [4.69, 9.17) is 11.6 Å². The molecule has 0 radical (unpaired) electrons. The van der Waals surface area contributed by atoms with Crippen LogP contribution in [0.2, 0.25) is 5.15 Å². The van der Waals surface area contributed by atoms with Gasteiger partial charge < -0.3 is 4.90 Å². The lowest BCUT2D eigenvalue weighted by molar-refractivity contribution is -0.118. The Morgan fingerprint density at radius 3 is 2.71 bits per heavy atom. The maximum Gasteiger partial charge on any atom is 0.263 e. The molecule has 1 aliphatic heterocycles. The molecule has 0 bridgehead atoms. The van der Waals surface area contributed by atoms with Crippen LogP contribution in [-0.4, -0.2) is 26.4 Å². The number of benzene rings is 1. The van der Waals surface area contributed by atoms with Crippen LogP contribution in [0, 0.1) is 6.92 Å². The second kappa shape index (κ2) is 6.07. The van der Waals surface area contributed by atoms with E-state index in [0.717, 1.165) is 11.3 Å². The van der Waals surface area contributed by atoms with E-state index in [1.54, 1.807) is 37.1 Å². The molecule has 8 heteroatoms. The molecule has 1 aromatic carbocycles. The Hall–Kier alpha value is -2.12. The van der Waals surface area contributed by atoms with Crippen molar-refractivity contribution in [2.75, 3.05) is 16.7 Å². The fraction of sp³-hybridized carbons (Fsp3) is 0.250. The van der Waals surface area contributed by atoms with Crippen LogP contribution in [0.3, 0.4) is 0 Å². The van der Waals surface area contributed by atoms with E-state index in [1.807, 2.05) is 0 Å². The predicted octanol–water partition coefficient (Wildman–Crippen LogP) is 2.75. The summed E-state index contributed by atoms with van der Waals surface area (Å²) in [7, 11) is -2.04. The van der Waals surface area contributed by atoms with Gasteiger partial charge in [0.25, 0.3) is 10.0 Å². The molecule has 24 heavy (non-hydrogen) atoms. The van der Waals surface area contributed by atoms with Crippen LogP contribution in [0.25, 0.3) is 0 Å². The number of aromatic nitrogens is 1. The molecule has 1 aromatic heterocycles. The zero-order chi connectivity index (χ0) is 17.5. The fourth-order valence-electron chi connectivity index (χ4n) is 2.61. The molecule has 3 rings (SSSR count). The van der Waals surface area contributed by atoms with Gasteiger partial charge in [0, 0.05) is 31.0 Å². The van der Waals surface area contributed by atoms with Gasteiger partial charge >= 0.3 is 0 Å². The highest BCUT2D eigenvalue weighted by Crippen LogP contribution is 2.30. The second-order valence-electron chi connectivity index (χ2n) is 5.68. The summed E-state index contributed by atoms with van der Waals surface area (Å²) in [5, 5.41) is 0.274. The number of sulfonamides is 1. The van der Waals surface area contributed by atoms with Crippen LogP contribution >= 0.6 is 11.6 Å². The number of aryl methyl sites for hydroxylation is 2. The van der Waals surface area contributed by atoms with Gasteiger partial charge in [-0.2, -0.15) is 0 Å². The van der Waals surface area contributed by atoms with E-state index in [9.17, 15) is 13.2 Å². The molecule has 6 nitrogen and oxygen atoms in total. The summed E-state index contributed by atoms with van der Waals surface area (Å²) in [5.74, 6) is 0.0542. The van der Waals surface area contributed by atoms with Crippen molar-refractivity contribution in [2.45, 2.75) is 24.7 Å². The maximum absolute atomic E-state index is 12.5. The quantitative estimate of drug-likeness (QED) is 0.848. The first-order valence-electron chi connectivity index (χ1n) is 7.32. The van der Waals surface area contributed by atoms with Crippen LogP contribution in [0.4, 0.5) is 11.4 Å². The summed E-state index contributed by atoms with van der Waals surface area (Å²) >= 11 is 5.84. The van der Waals surface area contributed by atoms with E-state index in [-0.39, 0.29) is 16.0 Å². The number of nitrogens with zero attached hydrogens (tertiary/aromatic N) is 2. The number of rotatable bonds is 3. The zero-order valence-electron chi connectivity index (χ0n) is 13.2. The Morgan fingerprint density at radius 1 is 1.25 bits per heavy atom. The number of carbonyl (C=O) groups is 1. The number of fused-ring (bicyclic) bond motifs is 1. The van der Waals surface area contributed by atoms with Crippen molar-refractivity contribution in [3.05, 3.63) is 46.7 Å². The SMILES string of the molecule is Cc1cc(S(=O)(=O)Nc2ccc3c(c2)CCC(=O)N3C)cnc1Cl. The number of halogens is 1. The number of hydrogen-bond donors (Lipinski definition) is 1. The highest BCUT2D eigenvalue weighted by molar-refractivity contribution is 7.92. The number of pyridine rings is 1. The predicted molar refractivity (Wildman–Crippen MR) is 93.0 cm³/mol. The molecule has 0 saturated carbocycles. The van der Waals surface area contributed by atoms with Crippen molar-refractivity contribution in [3.8, 4) is 0 Å². The first kappa shape index (κ1) is 16.7. The molecule has 1 N–H and O–H groups in total. The van der Waals surface area contributed by atoms with E-state index >= 15 is 0 Å². The van der Waals surface area contributed by atoms with Gasteiger partial charge in [-0.05, 0) is 48.7 Å². The largest absolute Gasteiger partial charge is 0.315 e. The van der Waals surface area contributed by atoms with E-state index in [1.165, 1.54) is 12.3 Å². The number of carbonyl (C=O) groups excluding carboxylic acids is 1. The number of amides is 1. The summed E-state index contributed by atoms with van der Waals surface area (Å²) in [6, 6.07) is 6.62. The summed E-state index contributed by atoms with van der Waals surface area (Å²) in [5.41, 5.74) is 2.77. The van der Waals surface area contributed by atoms with Gasteiger partial charge in [0.2, 0.25) is 5.91 Å². The van der Waals surface area contributed by atoms with Crippen molar-refractivity contribution in [1.82, 2.24) is 4.98 Å². The molecule has 0 spiro atoms. The van der Waals surface area contributed by atoms with Gasteiger partial charge in [-0.1, -0.05) is 11.6 Å². The number of anilines is 2. The van der Waals surface area contributed by atoms with Gasteiger partial charge in [0.15, 0.2) is 0 Å². The molecular formula is C16H16ClN3O3S. The highest BCUT2D eigenvalue weighted by atomic mass is 35.5.